The topological polar surface area (TPSA) is 75.4 Å². The molecule has 2 aromatic carbocycles. The van der Waals surface area contributed by atoms with Gasteiger partial charge in [0.05, 0.1) is 0 Å². The molecule has 2 amide bonds. The maximum absolute atomic E-state index is 12.9. The minimum absolute atomic E-state index is 0. The number of nitrogens with one attached hydrogen (secondary N) is 1. The summed E-state index contributed by atoms with van der Waals surface area (Å²) in [5.41, 5.74) is 9.37. The number of fused-ring (bicyclic) bond motifs is 1. The van der Waals surface area contributed by atoms with Crippen molar-refractivity contribution in [2.75, 3.05) is 25.0 Å². The Morgan fingerprint density at radius 3 is 2.58 bits per heavy atom. The second kappa shape index (κ2) is 9.36. The number of amides is 2. The number of nitrogens with zero attached hydrogens (tertiary/aromatic N) is 1. The molecule has 0 radical (unpaired) electrons. The van der Waals surface area contributed by atoms with Crippen molar-refractivity contribution in [3.8, 4) is 0 Å². The van der Waals surface area contributed by atoms with Gasteiger partial charge in [-0.3, -0.25) is 9.59 Å². The molecule has 138 valence electrons. The largest absolute Gasteiger partial charge is 0.337 e. The number of rotatable bonds is 6. The molecule has 0 unspecified atom stereocenters. The van der Waals surface area contributed by atoms with Crippen molar-refractivity contribution < 1.29 is 9.59 Å². The number of anilines is 1. The maximum atomic E-state index is 12.9. The van der Waals surface area contributed by atoms with E-state index in [1.165, 1.54) is 5.56 Å². The molecule has 1 aliphatic heterocycles. The summed E-state index contributed by atoms with van der Waals surface area (Å²) >= 11 is 0. The van der Waals surface area contributed by atoms with E-state index < -0.39 is 0 Å². The van der Waals surface area contributed by atoms with Crippen LogP contribution in [0.1, 0.15) is 27.9 Å². The normalized spacial score (nSPS) is 12.6. The van der Waals surface area contributed by atoms with Gasteiger partial charge in [-0.1, -0.05) is 30.3 Å². The SMILES string of the molecule is Cl.NCCN(CCc1ccccc1)C(=O)c1ccc2c(c1)CCC(=O)N2. The molecule has 0 saturated heterocycles. The van der Waals surface area contributed by atoms with Gasteiger partial charge < -0.3 is 16.0 Å². The van der Waals surface area contributed by atoms with E-state index in [0.29, 0.717) is 38.0 Å². The van der Waals surface area contributed by atoms with Crippen LogP contribution in [0.5, 0.6) is 0 Å². The second-order valence-electron chi connectivity index (χ2n) is 6.24. The minimum Gasteiger partial charge on any atom is -0.337 e. The van der Waals surface area contributed by atoms with E-state index in [-0.39, 0.29) is 24.2 Å². The third kappa shape index (κ3) is 4.84. The van der Waals surface area contributed by atoms with E-state index in [4.69, 9.17) is 5.73 Å². The lowest BCUT2D eigenvalue weighted by Crippen LogP contribution is -2.37. The van der Waals surface area contributed by atoms with E-state index in [2.05, 4.69) is 17.4 Å². The Hall–Kier alpha value is -2.37. The second-order valence-corrected chi connectivity index (χ2v) is 6.24. The lowest BCUT2D eigenvalue weighted by Gasteiger charge is -2.23. The Kier molecular flexibility index (Phi) is 7.18. The van der Waals surface area contributed by atoms with Gasteiger partial charge in [-0.05, 0) is 42.2 Å². The highest BCUT2D eigenvalue weighted by Gasteiger charge is 2.19. The molecule has 0 bridgehead atoms. The van der Waals surface area contributed by atoms with Crippen molar-refractivity contribution in [3.63, 3.8) is 0 Å². The first kappa shape index (κ1) is 19.9. The molecule has 1 aliphatic rings. The third-order valence-corrected chi connectivity index (χ3v) is 4.45. The van der Waals surface area contributed by atoms with Crippen LogP contribution in [0.15, 0.2) is 48.5 Å². The molecule has 0 aromatic heterocycles. The number of nitrogens with two attached hydrogens (primary N) is 1. The van der Waals surface area contributed by atoms with Crippen LogP contribution >= 0.6 is 12.4 Å². The molecule has 0 aliphatic carbocycles. The number of carbonyl (C=O) groups is 2. The molecular weight excluding hydrogens is 350 g/mol. The van der Waals surface area contributed by atoms with E-state index in [1.54, 1.807) is 11.0 Å². The van der Waals surface area contributed by atoms with Crippen molar-refractivity contribution >= 4 is 29.9 Å². The molecule has 6 heteroatoms. The number of hydrogen-bond donors (Lipinski definition) is 2. The summed E-state index contributed by atoms with van der Waals surface area (Å²) in [7, 11) is 0. The Bertz CT molecular complexity index is 765. The molecule has 2 aromatic rings. The van der Waals surface area contributed by atoms with Crippen molar-refractivity contribution in [2.24, 2.45) is 5.73 Å². The summed E-state index contributed by atoms with van der Waals surface area (Å²) in [5.74, 6) is 0.0141. The summed E-state index contributed by atoms with van der Waals surface area (Å²) in [6.45, 7) is 1.59. The summed E-state index contributed by atoms with van der Waals surface area (Å²) in [5, 5.41) is 2.84. The number of halogens is 1. The van der Waals surface area contributed by atoms with Crippen LogP contribution in [0.25, 0.3) is 0 Å². The van der Waals surface area contributed by atoms with Crippen LogP contribution < -0.4 is 11.1 Å². The zero-order valence-electron chi connectivity index (χ0n) is 14.6. The van der Waals surface area contributed by atoms with Gasteiger partial charge in [-0.25, -0.2) is 0 Å². The Morgan fingerprint density at radius 1 is 1.08 bits per heavy atom. The van der Waals surface area contributed by atoms with E-state index in [0.717, 1.165) is 17.7 Å². The molecule has 1 heterocycles. The fraction of sp³-hybridized carbons (Fsp3) is 0.300. The van der Waals surface area contributed by atoms with Crippen molar-refractivity contribution in [1.82, 2.24) is 4.90 Å². The quantitative estimate of drug-likeness (QED) is 0.817. The van der Waals surface area contributed by atoms with Gasteiger partial charge in [0.2, 0.25) is 5.91 Å². The summed E-state index contributed by atoms with van der Waals surface area (Å²) in [4.78, 5) is 26.1. The lowest BCUT2D eigenvalue weighted by molar-refractivity contribution is -0.116. The van der Waals surface area contributed by atoms with Crippen LogP contribution in [0.4, 0.5) is 5.69 Å². The van der Waals surface area contributed by atoms with Gasteiger partial charge in [-0.15, -0.1) is 12.4 Å². The highest BCUT2D eigenvalue weighted by molar-refractivity contribution is 5.98. The average Bonchev–Trinajstić information content (AvgIpc) is 2.65. The van der Waals surface area contributed by atoms with Crippen LogP contribution in [-0.4, -0.2) is 36.3 Å². The Labute approximate surface area is 160 Å². The van der Waals surface area contributed by atoms with Gasteiger partial charge in [0.15, 0.2) is 0 Å². The third-order valence-electron chi connectivity index (χ3n) is 4.45. The molecule has 0 spiro atoms. The van der Waals surface area contributed by atoms with Crippen molar-refractivity contribution in [2.45, 2.75) is 19.3 Å². The van der Waals surface area contributed by atoms with Crippen molar-refractivity contribution in [1.29, 1.82) is 0 Å². The predicted octanol–water partition coefficient (Wildman–Crippen LogP) is 2.64. The first-order chi connectivity index (χ1) is 12.2. The average molecular weight is 374 g/mol. The van der Waals surface area contributed by atoms with E-state index in [9.17, 15) is 9.59 Å². The van der Waals surface area contributed by atoms with Gasteiger partial charge in [0.25, 0.3) is 5.91 Å². The zero-order valence-corrected chi connectivity index (χ0v) is 15.4. The van der Waals surface area contributed by atoms with Gasteiger partial charge in [0.1, 0.15) is 0 Å². The van der Waals surface area contributed by atoms with Gasteiger partial charge in [-0.2, -0.15) is 0 Å². The van der Waals surface area contributed by atoms with Gasteiger partial charge in [0, 0.05) is 37.3 Å². The minimum atomic E-state index is -0.0129. The highest BCUT2D eigenvalue weighted by atomic mass is 35.5. The molecule has 3 rings (SSSR count). The zero-order chi connectivity index (χ0) is 17.6. The summed E-state index contributed by atoms with van der Waals surface area (Å²) < 4.78 is 0. The first-order valence-electron chi connectivity index (χ1n) is 8.63. The molecular formula is C20H24ClN3O2. The molecule has 3 N–H and O–H groups in total. The van der Waals surface area contributed by atoms with Crippen LogP contribution in [0.3, 0.4) is 0 Å². The number of hydrogen-bond acceptors (Lipinski definition) is 3. The molecule has 0 fully saturated rings. The first-order valence-corrected chi connectivity index (χ1v) is 8.63. The maximum Gasteiger partial charge on any atom is 0.253 e. The van der Waals surface area contributed by atoms with Crippen molar-refractivity contribution in [3.05, 3.63) is 65.2 Å². The Balaban J connectivity index is 0.00000243. The number of aryl methyl sites for hydroxylation is 1. The lowest BCUT2D eigenvalue weighted by atomic mass is 10.00. The summed E-state index contributed by atoms with van der Waals surface area (Å²) in [6, 6.07) is 15.6. The summed E-state index contributed by atoms with van der Waals surface area (Å²) in [6.07, 6.45) is 1.93. The smallest absolute Gasteiger partial charge is 0.253 e. The van der Waals surface area contributed by atoms with Crippen LogP contribution in [0, 0.1) is 0 Å². The molecule has 5 nitrogen and oxygen atoms in total. The van der Waals surface area contributed by atoms with E-state index in [1.807, 2.05) is 30.3 Å². The Morgan fingerprint density at radius 2 is 1.85 bits per heavy atom. The fourth-order valence-corrected chi connectivity index (χ4v) is 3.08. The molecule has 0 atom stereocenters. The molecule has 0 saturated carbocycles. The monoisotopic (exact) mass is 373 g/mol. The van der Waals surface area contributed by atoms with Crippen LogP contribution in [0.2, 0.25) is 0 Å². The van der Waals surface area contributed by atoms with E-state index >= 15 is 0 Å². The van der Waals surface area contributed by atoms with Crippen LogP contribution in [-0.2, 0) is 17.6 Å². The number of benzene rings is 2. The predicted molar refractivity (Wildman–Crippen MR) is 106 cm³/mol. The van der Waals surface area contributed by atoms with Gasteiger partial charge >= 0.3 is 0 Å². The molecule has 26 heavy (non-hydrogen) atoms. The number of carbonyl (C=O) groups excluding carboxylic acids is 2. The highest BCUT2D eigenvalue weighted by Crippen LogP contribution is 2.24. The fourth-order valence-electron chi connectivity index (χ4n) is 3.08. The standard InChI is InChI=1S/C20H23N3O2.ClH/c21-11-13-23(12-10-15-4-2-1-3-5-15)20(25)17-6-8-18-16(14-17)7-9-19(24)22-18;/h1-6,8,14H,7,9-13,21H2,(H,22,24);1H.